The summed E-state index contributed by atoms with van der Waals surface area (Å²) in [5, 5.41) is 2.29. The third-order valence-electron chi connectivity index (χ3n) is 2.19. The number of benzene rings is 1. The SMILES string of the molecule is CC1CSC=C1c1ccccc1. The van der Waals surface area contributed by atoms with Crippen molar-refractivity contribution in [3.8, 4) is 0 Å². The first-order valence-corrected chi connectivity index (χ1v) is 5.30. The second-order valence-corrected chi connectivity index (χ2v) is 4.08. The molecule has 1 heterocycles. The standard InChI is InChI=1S/C11H12S/c1-9-7-12-8-11(9)10-5-3-2-4-6-10/h2-6,8-9H,7H2,1H3. The monoisotopic (exact) mass is 176 g/mol. The van der Waals surface area contributed by atoms with Crippen molar-refractivity contribution >= 4 is 17.3 Å². The lowest BCUT2D eigenvalue weighted by Crippen LogP contribution is -1.95. The Morgan fingerprint density at radius 3 is 2.58 bits per heavy atom. The first-order chi connectivity index (χ1) is 5.88. The van der Waals surface area contributed by atoms with Gasteiger partial charge >= 0.3 is 0 Å². The van der Waals surface area contributed by atoms with Crippen molar-refractivity contribution in [1.29, 1.82) is 0 Å². The lowest BCUT2D eigenvalue weighted by Gasteiger charge is -2.07. The van der Waals surface area contributed by atoms with Gasteiger partial charge in [0.05, 0.1) is 0 Å². The molecule has 1 aliphatic rings. The second-order valence-electron chi connectivity index (χ2n) is 3.17. The minimum atomic E-state index is 0.720. The zero-order valence-corrected chi connectivity index (χ0v) is 7.97. The van der Waals surface area contributed by atoms with Crippen molar-refractivity contribution in [2.75, 3.05) is 5.75 Å². The highest BCUT2D eigenvalue weighted by atomic mass is 32.2. The summed E-state index contributed by atoms with van der Waals surface area (Å²) in [5.74, 6) is 1.96. The van der Waals surface area contributed by atoms with Gasteiger partial charge in [0.1, 0.15) is 0 Å². The van der Waals surface area contributed by atoms with Crippen LogP contribution in [-0.2, 0) is 0 Å². The molecule has 0 bridgehead atoms. The van der Waals surface area contributed by atoms with Crippen molar-refractivity contribution in [2.24, 2.45) is 5.92 Å². The maximum absolute atomic E-state index is 2.29. The number of hydrogen-bond donors (Lipinski definition) is 0. The van der Waals surface area contributed by atoms with Crippen LogP contribution >= 0.6 is 11.8 Å². The number of hydrogen-bond acceptors (Lipinski definition) is 1. The molecule has 1 aromatic carbocycles. The van der Waals surface area contributed by atoms with E-state index in [0.29, 0.717) is 0 Å². The van der Waals surface area contributed by atoms with E-state index in [9.17, 15) is 0 Å². The van der Waals surface area contributed by atoms with Gasteiger partial charge in [0.2, 0.25) is 0 Å². The Hall–Kier alpha value is -0.690. The van der Waals surface area contributed by atoms with E-state index in [1.54, 1.807) is 0 Å². The summed E-state index contributed by atoms with van der Waals surface area (Å²) in [7, 11) is 0. The summed E-state index contributed by atoms with van der Waals surface area (Å²) < 4.78 is 0. The van der Waals surface area contributed by atoms with E-state index in [-0.39, 0.29) is 0 Å². The molecule has 62 valence electrons. The van der Waals surface area contributed by atoms with Crippen molar-refractivity contribution in [2.45, 2.75) is 6.92 Å². The Labute approximate surface area is 77.7 Å². The molecule has 2 rings (SSSR count). The lowest BCUT2D eigenvalue weighted by atomic mass is 9.97. The van der Waals surface area contributed by atoms with Crippen molar-refractivity contribution < 1.29 is 0 Å². The molecule has 0 aliphatic carbocycles. The summed E-state index contributed by atoms with van der Waals surface area (Å²) in [5.41, 5.74) is 2.88. The zero-order valence-electron chi connectivity index (χ0n) is 7.16. The fraction of sp³-hybridized carbons (Fsp3) is 0.273. The van der Waals surface area contributed by atoms with Crippen LogP contribution in [0.5, 0.6) is 0 Å². The molecule has 1 unspecified atom stereocenters. The van der Waals surface area contributed by atoms with Gasteiger partial charge in [-0.15, -0.1) is 11.8 Å². The van der Waals surface area contributed by atoms with Gasteiger partial charge in [-0.3, -0.25) is 0 Å². The van der Waals surface area contributed by atoms with Crippen molar-refractivity contribution in [1.82, 2.24) is 0 Å². The molecule has 1 heteroatoms. The Morgan fingerprint density at radius 2 is 2.00 bits per heavy atom. The first-order valence-electron chi connectivity index (χ1n) is 4.25. The third kappa shape index (κ3) is 1.42. The molecule has 0 nitrogen and oxygen atoms in total. The largest absolute Gasteiger partial charge is 0.133 e. The highest BCUT2D eigenvalue weighted by Gasteiger charge is 2.15. The Morgan fingerprint density at radius 1 is 1.25 bits per heavy atom. The van der Waals surface area contributed by atoms with Crippen LogP contribution in [0.3, 0.4) is 0 Å². The average Bonchev–Trinajstić information content (AvgIpc) is 2.53. The highest BCUT2D eigenvalue weighted by Crippen LogP contribution is 2.34. The van der Waals surface area contributed by atoms with Gasteiger partial charge < -0.3 is 0 Å². The van der Waals surface area contributed by atoms with Gasteiger partial charge in [0, 0.05) is 5.75 Å². The van der Waals surface area contributed by atoms with Crippen LogP contribution in [0.4, 0.5) is 0 Å². The van der Waals surface area contributed by atoms with Gasteiger partial charge in [-0.25, -0.2) is 0 Å². The van der Waals surface area contributed by atoms with Gasteiger partial charge in [-0.1, -0.05) is 37.3 Å². The summed E-state index contributed by atoms with van der Waals surface area (Å²) in [6.07, 6.45) is 0. The smallest absolute Gasteiger partial charge is 0.00409 e. The van der Waals surface area contributed by atoms with Crippen LogP contribution in [0.25, 0.3) is 5.57 Å². The fourth-order valence-corrected chi connectivity index (χ4v) is 2.58. The maximum atomic E-state index is 2.29. The van der Waals surface area contributed by atoms with E-state index in [0.717, 1.165) is 5.92 Å². The first kappa shape index (κ1) is 7.93. The average molecular weight is 176 g/mol. The Balaban J connectivity index is 2.31. The number of rotatable bonds is 1. The predicted octanol–water partition coefficient (Wildman–Crippen LogP) is 3.41. The summed E-state index contributed by atoms with van der Waals surface area (Å²) in [6.45, 7) is 2.29. The van der Waals surface area contributed by atoms with E-state index in [1.165, 1.54) is 16.9 Å². The molecule has 0 fully saturated rings. The van der Waals surface area contributed by atoms with E-state index in [2.05, 4.69) is 42.7 Å². The molecule has 0 radical (unpaired) electrons. The normalized spacial score (nSPS) is 22.4. The third-order valence-corrected chi connectivity index (χ3v) is 3.31. The zero-order chi connectivity index (χ0) is 8.39. The molecule has 0 saturated heterocycles. The molecule has 0 spiro atoms. The molecule has 1 aromatic rings. The van der Waals surface area contributed by atoms with E-state index >= 15 is 0 Å². The lowest BCUT2D eigenvalue weighted by molar-refractivity contribution is 0.883. The van der Waals surface area contributed by atoms with E-state index in [4.69, 9.17) is 0 Å². The minimum absolute atomic E-state index is 0.720. The van der Waals surface area contributed by atoms with Crippen molar-refractivity contribution in [3.05, 3.63) is 41.3 Å². The molecular formula is C11H12S. The van der Waals surface area contributed by atoms with Crippen LogP contribution in [0.2, 0.25) is 0 Å². The molecule has 1 aliphatic heterocycles. The van der Waals surface area contributed by atoms with E-state index < -0.39 is 0 Å². The maximum Gasteiger partial charge on any atom is 0.00409 e. The second kappa shape index (κ2) is 3.36. The topological polar surface area (TPSA) is 0 Å². The summed E-state index contributed by atoms with van der Waals surface area (Å²) in [4.78, 5) is 0. The molecule has 1 atom stereocenters. The molecule has 0 N–H and O–H groups in total. The predicted molar refractivity (Wildman–Crippen MR) is 56.0 cm³/mol. The summed E-state index contributed by atoms with van der Waals surface area (Å²) >= 11 is 1.92. The molecular weight excluding hydrogens is 164 g/mol. The Kier molecular flexibility index (Phi) is 2.22. The van der Waals surface area contributed by atoms with Crippen LogP contribution in [-0.4, -0.2) is 5.75 Å². The highest BCUT2D eigenvalue weighted by molar-refractivity contribution is 8.02. The fourth-order valence-electron chi connectivity index (χ4n) is 1.47. The molecule has 0 saturated carbocycles. The summed E-state index contributed by atoms with van der Waals surface area (Å²) in [6, 6.07) is 10.6. The van der Waals surface area contributed by atoms with Gasteiger partial charge in [-0.2, -0.15) is 0 Å². The minimum Gasteiger partial charge on any atom is -0.133 e. The number of thioether (sulfide) groups is 1. The van der Waals surface area contributed by atoms with E-state index in [1.807, 2.05) is 11.8 Å². The molecule has 0 aromatic heterocycles. The van der Waals surface area contributed by atoms with Gasteiger partial charge in [0.25, 0.3) is 0 Å². The number of allylic oxidation sites excluding steroid dienone is 1. The van der Waals surface area contributed by atoms with Crippen molar-refractivity contribution in [3.63, 3.8) is 0 Å². The molecule has 12 heavy (non-hydrogen) atoms. The van der Waals surface area contributed by atoms with Crippen LogP contribution in [0.15, 0.2) is 35.7 Å². The van der Waals surface area contributed by atoms with Gasteiger partial charge in [-0.05, 0) is 22.5 Å². The van der Waals surface area contributed by atoms with Crippen LogP contribution in [0, 0.1) is 5.92 Å². The van der Waals surface area contributed by atoms with Crippen LogP contribution < -0.4 is 0 Å². The molecule has 0 amide bonds. The quantitative estimate of drug-likeness (QED) is 0.632. The Bertz CT molecular complexity index is 287. The van der Waals surface area contributed by atoms with Crippen LogP contribution in [0.1, 0.15) is 12.5 Å². The van der Waals surface area contributed by atoms with Gasteiger partial charge in [0.15, 0.2) is 0 Å².